The molecule has 1 aliphatic rings. The lowest BCUT2D eigenvalue weighted by Crippen LogP contribution is -2.49. The maximum absolute atomic E-state index is 12.9. The summed E-state index contributed by atoms with van der Waals surface area (Å²) < 4.78 is 18.3. The normalized spacial score (nSPS) is 20.0. The highest BCUT2D eigenvalue weighted by atomic mass is 35.5. The smallest absolute Gasteiger partial charge is 0.234 e. The Morgan fingerprint density at radius 2 is 2.18 bits per heavy atom. The first kappa shape index (κ1) is 18.8. The van der Waals surface area contributed by atoms with Crippen molar-refractivity contribution >= 4 is 18.3 Å². The van der Waals surface area contributed by atoms with E-state index in [1.165, 1.54) is 12.1 Å². The Morgan fingerprint density at radius 3 is 2.82 bits per heavy atom. The molecular weight excluding hydrogens is 309 g/mol. The number of ether oxygens (including phenoxy) is 1. The molecule has 0 aromatic heterocycles. The van der Waals surface area contributed by atoms with E-state index < -0.39 is 0 Å². The molecule has 1 amide bonds. The molecule has 0 saturated carbocycles. The van der Waals surface area contributed by atoms with E-state index in [9.17, 15) is 9.18 Å². The van der Waals surface area contributed by atoms with Gasteiger partial charge in [0.1, 0.15) is 5.82 Å². The molecule has 7 heteroatoms. The fraction of sp³-hybridized carbons (Fsp3) is 0.533. The highest BCUT2D eigenvalue weighted by molar-refractivity contribution is 5.85. The van der Waals surface area contributed by atoms with Gasteiger partial charge in [-0.2, -0.15) is 0 Å². The van der Waals surface area contributed by atoms with E-state index in [2.05, 4.69) is 5.32 Å². The van der Waals surface area contributed by atoms with Crippen molar-refractivity contribution in [3.05, 3.63) is 35.6 Å². The van der Waals surface area contributed by atoms with Gasteiger partial charge in [-0.15, -0.1) is 12.4 Å². The maximum atomic E-state index is 12.9. The highest BCUT2D eigenvalue weighted by Crippen LogP contribution is 2.13. The van der Waals surface area contributed by atoms with Crippen molar-refractivity contribution in [2.24, 2.45) is 5.73 Å². The van der Waals surface area contributed by atoms with Crippen molar-refractivity contribution in [1.82, 2.24) is 10.2 Å². The van der Waals surface area contributed by atoms with Crippen LogP contribution in [0.15, 0.2) is 24.3 Å². The lowest BCUT2D eigenvalue weighted by Gasteiger charge is -2.32. The average molecular weight is 332 g/mol. The minimum atomic E-state index is -0.279. The van der Waals surface area contributed by atoms with Crippen LogP contribution < -0.4 is 11.1 Å². The molecule has 2 atom stereocenters. The van der Waals surface area contributed by atoms with Gasteiger partial charge >= 0.3 is 0 Å². The zero-order valence-electron chi connectivity index (χ0n) is 12.6. The fourth-order valence-electron chi connectivity index (χ4n) is 2.39. The van der Waals surface area contributed by atoms with Gasteiger partial charge < -0.3 is 15.8 Å². The van der Waals surface area contributed by atoms with Crippen LogP contribution in [0.4, 0.5) is 4.39 Å². The molecule has 1 heterocycles. The van der Waals surface area contributed by atoms with Gasteiger partial charge in [-0.05, 0) is 24.6 Å². The van der Waals surface area contributed by atoms with Crippen LogP contribution in [0, 0.1) is 5.82 Å². The predicted octanol–water partition coefficient (Wildman–Crippen LogP) is 1.08. The Balaban J connectivity index is 0.00000242. The molecule has 1 aliphatic heterocycles. The number of rotatable bonds is 5. The van der Waals surface area contributed by atoms with E-state index in [1.807, 2.05) is 11.8 Å². The largest absolute Gasteiger partial charge is 0.374 e. The molecule has 1 fully saturated rings. The molecule has 2 rings (SSSR count). The monoisotopic (exact) mass is 331 g/mol. The van der Waals surface area contributed by atoms with Crippen LogP contribution in [0.2, 0.25) is 0 Å². The van der Waals surface area contributed by atoms with Gasteiger partial charge in [0.2, 0.25) is 5.91 Å². The molecule has 0 bridgehead atoms. The number of nitrogens with two attached hydrogens (primary N) is 1. The van der Waals surface area contributed by atoms with E-state index in [0.717, 1.165) is 12.1 Å². The summed E-state index contributed by atoms with van der Waals surface area (Å²) in [6, 6.07) is 6.00. The Kier molecular flexibility index (Phi) is 7.75. The van der Waals surface area contributed by atoms with Crippen molar-refractivity contribution in [2.75, 3.05) is 32.8 Å². The van der Waals surface area contributed by atoms with E-state index in [1.54, 1.807) is 12.1 Å². The minimum absolute atomic E-state index is 0. The van der Waals surface area contributed by atoms with Gasteiger partial charge in [-0.3, -0.25) is 9.69 Å². The Morgan fingerprint density at radius 1 is 1.50 bits per heavy atom. The van der Waals surface area contributed by atoms with Crippen LogP contribution in [-0.4, -0.2) is 49.7 Å². The van der Waals surface area contributed by atoms with Crippen molar-refractivity contribution in [2.45, 2.75) is 19.1 Å². The zero-order valence-corrected chi connectivity index (χ0v) is 13.4. The molecule has 2 unspecified atom stereocenters. The summed E-state index contributed by atoms with van der Waals surface area (Å²) in [6.45, 7) is 4.68. The number of morpholine rings is 1. The predicted molar refractivity (Wildman–Crippen MR) is 85.4 cm³/mol. The van der Waals surface area contributed by atoms with E-state index in [-0.39, 0.29) is 36.3 Å². The van der Waals surface area contributed by atoms with Gasteiger partial charge in [0, 0.05) is 19.6 Å². The summed E-state index contributed by atoms with van der Waals surface area (Å²) in [5, 5.41) is 2.92. The number of hydrogen-bond donors (Lipinski definition) is 2. The fourth-order valence-corrected chi connectivity index (χ4v) is 2.39. The van der Waals surface area contributed by atoms with Crippen LogP contribution in [-0.2, 0) is 9.53 Å². The molecule has 3 N–H and O–H groups in total. The summed E-state index contributed by atoms with van der Waals surface area (Å²) in [7, 11) is 0. The first-order valence-electron chi connectivity index (χ1n) is 7.17. The standard InChI is InChI=1S/C15H22FN3O2.ClH/c1-11(12-2-4-13(16)5-3-12)18-15(20)10-19-6-7-21-14(8-17)9-19;/h2-5,11,14H,6-10,17H2,1H3,(H,18,20);1H. The lowest BCUT2D eigenvalue weighted by atomic mass is 10.1. The van der Waals surface area contributed by atoms with E-state index in [0.29, 0.717) is 26.2 Å². The van der Waals surface area contributed by atoms with Crippen molar-refractivity contribution < 1.29 is 13.9 Å². The molecule has 124 valence electrons. The number of halogens is 2. The van der Waals surface area contributed by atoms with E-state index in [4.69, 9.17) is 10.5 Å². The molecule has 5 nitrogen and oxygen atoms in total. The van der Waals surface area contributed by atoms with Gasteiger partial charge in [0.05, 0.1) is 25.3 Å². The second-order valence-corrected chi connectivity index (χ2v) is 5.30. The average Bonchev–Trinajstić information content (AvgIpc) is 2.47. The second-order valence-electron chi connectivity index (χ2n) is 5.30. The van der Waals surface area contributed by atoms with Crippen LogP contribution >= 0.6 is 12.4 Å². The molecule has 0 radical (unpaired) electrons. The van der Waals surface area contributed by atoms with Crippen LogP contribution in [0.1, 0.15) is 18.5 Å². The molecule has 22 heavy (non-hydrogen) atoms. The highest BCUT2D eigenvalue weighted by Gasteiger charge is 2.21. The SMILES string of the molecule is CC(NC(=O)CN1CCOC(CN)C1)c1ccc(F)cc1.Cl. The van der Waals surface area contributed by atoms with Crippen molar-refractivity contribution in [3.8, 4) is 0 Å². The Hall–Kier alpha value is -1.21. The summed E-state index contributed by atoms with van der Waals surface area (Å²) in [6.07, 6.45) is 0.000993. The summed E-state index contributed by atoms with van der Waals surface area (Å²) in [5.74, 6) is -0.331. The maximum Gasteiger partial charge on any atom is 0.234 e. The zero-order chi connectivity index (χ0) is 15.2. The molecule has 1 aromatic carbocycles. The van der Waals surface area contributed by atoms with Gasteiger partial charge in [-0.1, -0.05) is 12.1 Å². The van der Waals surface area contributed by atoms with Crippen molar-refractivity contribution in [3.63, 3.8) is 0 Å². The second kappa shape index (κ2) is 9.05. The number of carbonyl (C=O) groups is 1. The number of amides is 1. The molecule has 0 spiro atoms. The summed E-state index contributed by atoms with van der Waals surface area (Å²) >= 11 is 0. The summed E-state index contributed by atoms with van der Waals surface area (Å²) in [4.78, 5) is 14.1. The number of hydrogen-bond acceptors (Lipinski definition) is 4. The van der Waals surface area contributed by atoms with Crippen LogP contribution in [0.25, 0.3) is 0 Å². The third kappa shape index (κ3) is 5.53. The minimum Gasteiger partial charge on any atom is -0.374 e. The molecular formula is C15H23ClFN3O2. The van der Waals surface area contributed by atoms with Gasteiger partial charge in [0.15, 0.2) is 0 Å². The molecule has 1 aromatic rings. The number of benzene rings is 1. The Labute approximate surface area is 136 Å². The third-order valence-corrected chi connectivity index (χ3v) is 3.60. The molecule has 0 aliphatic carbocycles. The number of nitrogens with zero attached hydrogens (tertiary/aromatic N) is 1. The quantitative estimate of drug-likeness (QED) is 0.847. The van der Waals surface area contributed by atoms with E-state index >= 15 is 0 Å². The third-order valence-electron chi connectivity index (χ3n) is 3.60. The van der Waals surface area contributed by atoms with Gasteiger partial charge in [0.25, 0.3) is 0 Å². The van der Waals surface area contributed by atoms with Crippen molar-refractivity contribution in [1.29, 1.82) is 0 Å². The first-order chi connectivity index (χ1) is 10.1. The van der Waals surface area contributed by atoms with Crippen LogP contribution in [0.5, 0.6) is 0 Å². The lowest BCUT2D eigenvalue weighted by molar-refractivity contribution is -0.124. The molecule has 1 saturated heterocycles. The van der Waals surface area contributed by atoms with Crippen LogP contribution in [0.3, 0.4) is 0 Å². The first-order valence-corrected chi connectivity index (χ1v) is 7.17. The topological polar surface area (TPSA) is 67.6 Å². The van der Waals surface area contributed by atoms with Gasteiger partial charge in [-0.25, -0.2) is 4.39 Å². The Bertz CT molecular complexity index is 472. The number of carbonyl (C=O) groups excluding carboxylic acids is 1. The number of nitrogens with one attached hydrogen (secondary N) is 1. The summed E-state index contributed by atoms with van der Waals surface area (Å²) in [5.41, 5.74) is 6.46.